The van der Waals surface area contributed by atoms with Crippen molar-refractivity contribution < 1.29 is 24.5 Å². The first-order chi connectivity index (χ1) is 47.5. The molecule has 0 aliphatic heterocycles. The van der Waals surface area contributed by atoms with Crippen molar-refractivity contribution in [3.63, 3.8) is 0 Å². The van der Waals surface area contributed by atoms with E-state index in [1.165, 1.54) is 449 Å². The van der Waals surface area contributed by atoms with Crippen LogP contribution in [-0.4, -0.2) is 47.4 Å². The highest BCUT2D eigenvalue weighted by molar-refractivity contribution is 5.76. The minimum atomic E-state index is -0.843. The third kappa shape index (κ3) is 81.3. The second-order valence-electron chi connectivity index (χ2n) is 30.9. The van der Waals surface area contributed by atoms with E-state index in [-0.39, 0.29) is 18.5 Å². The lowest BCUT2D eigenvalue weighted by molar-refractivity contribution is -0.143. The van der Waals surface area contributed by atoms with Crippen LogP contribution in [0.4, 0.5) is 0 Å². The normalized spacial score (nSPS) is 12.5. The number of aliphatic hydroxyl groups excluding tert-OH is 2. The Morgan fingerprint density at radius 1 is 0.281 bits per heavy atom. The van der Waals surface area contributed by atoms with Gasteiger partial charge >= 0.3 is 5.97 Å². The van der Waals surface area contributed by atoms with Gasteiger partial charge in [-0.15, -0.1) is 0 Å². The lowest BCUT2D eigenvalue weighted by Gasteiger charge is -2.20. The summed E-state index contributed by atoms with van der Waals surface area (Å²) in [4.78, 5) is 24.7. The van der Waals surface area contributed by atoms with Gasteiger partial charge in [-0.2, -0.15) is 0 Å². The van der Waals surface area contributed by atoms with E-state index in [1.54, 1.807) is 6.08 Å². The number of hydrogen-bond acceptors (Lipinski definition) is 5. The molecule has 1 amide bonds. The van der Waals surface area contributed by atoms with E-state index in [4.69, 9.17) is 4.74 Å². The quantitative estimate of drug-likeness (QED) is 0.0320. The average Bonchev–Trinajstić information content (AvgIpc) is 3.00. The van der Waals surface area contributed by atoms with Gasteiger partial charge < -0.3 is 20.3 Å². The number of carbonyl (C=O) groups excluding carboxylic acids is 2. The molecule has 0 heterocycles. The largest absolute Gasteiger partial charge is 0.466 e. The van der Waals surface area contributed by atoms with Crippen LogP contribution in [0.5, 0.6) is 0 Å². The maximum absolute atomic E-state index is 12.6. The first-order valence-electron chi connectivity index (χ1n) is 44.6. The molecule has 570 valence electrons. The number of ether oxygens (including phenoxy) is 1. The smallest absolute Gasteiger partial charge is 0.305 e. The van der Waals surface area contributed by atoms with Crippen LogP contribution >= 0.6 is 0 Å². The maximum Gasteiger partial charge on any atom is 0.305 e. The van der Waals surface area contributed by atoms with Gasteiger partial charge in [-0.25, -0.2) is 0 Å². The van der Waals surface area contributed by atoms with Crippen LogP contribution < -0.4 is 5.32 Å². The molecule has 6 heteroatoms. The molecule has 3 N–H and O–H groups in total. The van der Waals surface area contributed by atoms with Crippen molar-refractivity contribution in [2.45, 2.75) is 527 Å². The first-order valence-corrected chi connectivity index (χ1v) is 44.6. The van der Waals surface area contributed by atoms with E-state index in [9.17, 15) is 19.8 Å². The van der Waals surface area contributed by atoms with Gasteiger partial charge in [0.2, 0.25) is 5.91 Å². The Hall–Kier alpha value is -1.66. The van der Waals surface area contributed by atoms with Crippen molar-refractivity contribution in [1.29, 1.82) is 0 Å². The minimum absolute atomic E-state index is 0.0276. The topological polar surface area (TPSA) is 95.9 Å². The van der Waals surface area contributed by atoms with E-state index < -0.39 is 12.1 Å². The van der Waals surface area contributed by atoms with Crippen LogP contribution in [0.25, 0.3) is 0 Å². The summed E-state index contributed by atoms with van der Waals surface area (Å²) in [5.74, 6) is -0.0303. The maximum atomic E-state index is 12.6. The van der Waals surface area contributed by atoms with E-state index in [1.807, 2.05) is 6.08 Å². The van der Waals surface area contributed by atoms with E-state index in [2.05, 4.69) is 31.3 Å². The summed E-state index contributed by atoms with van der Waals surface area (Å²) in [5.41, 5.74) is 0. The molecule has 0 aromatic rings. The Labute approximate surface area is 602 Å². The standard InChI is InChI=1S/C90H175NO5/c1-3-5-7-9-11-13-15-17-19-21-22-23-41-44-47-51-54-58-62-66-70-74-78-82-88(93)87(86-92)91-89(94)83-79-75-71-67-63-59-55-52-48-45-42-39-37-35-33-31-29-27-25-24-26-28-30-32-34-36-38-40-43-46-49-53-57-61-65-69-73-77-81-85-96-90(95)84-80-76-72-68-64-60-56-50-20-18-16-14-12-10-8-6-4-2/h24-25,78,82,87-88,92-93H,3-23,26-77,79-81,83-86H2,1-2H3,(H,91,94)/b25-24-,82-78+. The molecule has 0 aliphatic carbocycles. The highest BCUT2D eigenvalue weighted by Crippen LogP contribution is 2.21. The summed E-state index contributed by atoms with van der Waals surface area (Å²) in [5, 5.41) is 23.3. The second kappa shape index (κ2) is 85.8. The Morgan fingerprint density at radius 3 is 0.740 bits per heavy atom. The molecular formula is C90H175NO5. The summed E-state index contributed by atoms with van der Waals surface area (Å²) in [6.45, 7) is 4.98. The van der Waals surface area contributed by atoms with Gasteiger partial charge in [-0.3, -0.25) is 9.59 Å². The van der Waals surface area contributed by atoms with Gasteiger partial charge in [0.05, 0.1) is 25.4 Å². The van der Waals surface area contributed by atoms with Crippen molar-refractivity contribution in [2.75, 3.05) is 13.2 Å². The van der Waals surface area contributed by atoms with Gasteiger partial charge in [0.25, 0.3) is 0 Å². The average molecular weight is 1350 g/mol. The SMILES string of the molecule is CCCCCCCCCCCCCCCCCCCCCCC/C=C/C(O)C(CO)NC(=O)CCCCCCCCCCCCCCCCCCC/C=C\CCCCCCCCCCCCCCCCCCCCOC(=O)CCCCCCCCCCCCCCCCCCC. The summed E-state index contributed by atoms with van der Waals surface area (Å²) in [7, 11) is 0. The Bertz CT molecular complexity index is 1510. The Morgan fingerprint density at radius 2 is 0.490 bits per heavy atom. The van der Waals surface area contributed by atoms with Gasteiger partial charge in [-0.1, -0.05) is 468 Å². The van der Waals surface area contributed by atoms with Crippen molar-refractivity contribution in [2.24, 2.45) is 0 Å². The molecule has 0 bridgehead atoms. The van der Waals surface area contributed by atoms with Crippen LogP contribution in [-0.2, 0) is 14.3 Å². The fraction of sp³-hybridized carbons (Fsp3) is 0.933. The van der Waals surface area contributed by atoms with E-state index in [0.29, 0.717) is 19.4 Å². The molecule has 0 rings (SSSR count). The molecule has 2 atom stereocenters. The molecule has 0 aromatic heterocycles. The molecule has 96 heavy (non-hydrogen) atoms. The zero-order valence-electron chi connectivity index (χ0n) is 65.7. The van der Waals surface area contributed by atoms with Crippen LogP contribution in [0.2, 0.25) is 0 Å². The number of rotatable bonds is 85. The van der Waals surface area contributed by atoms with Crippen molar-refractivity contribution in [3.8, 4) is 0 Å². The Kier molecular flexibility index (Phi) is 84.3. The molecule has 0 saturated heterocycles. The molecule has 0 radical (unpaired) electrons. The van der Waals surface area contributed by atoms with Gasteiger partial charge in [0.1, 0.15) is 0 Å². The van der Waals surface area contributed by atoms with Crippen molar-refractivity contribution in [3.05, 3.63) is 24.3 Å². The van der Waals surface area contributed by atoms with Gasteiger partial charge in [-0.05, 0) is 57.8 Å². The summed E-state index contributed by atoms with van der Waals surface area (Å²) in [6, 6.07) is -0.626. The summed E-state index contributed by atoms with van der Waals surface area (Å²) >= 11 is 0. The molecule has 0 spiro atoms. The number of amides is 1. The summed E-state index contributed by atoms with van der Waals surface area (Å²) < 4.78 is 5.52. The van der Waals surface area contributed by atoms with Gasteiger partial charge in [0, 0.05) is 12.8 Å². The number of nitrogens with one attached hydrogen (secondary N) is 1. The zero-order valence-corrected chi connectivity index (χ0v) is 65.7. The molecule has 0 aromatic carbocycles. The highest BCUT2D eigenvalue weighted by Gasteiger charge is 2.18. The summed E-state index contributed by atoms with van der Waals surface area (Å²) in [6.07, 6.45) is 112. The second-order valence-corrected chi connectivity index (χ2v) is 30.9. The third-order valence-electron chi connectivity index (χ3n) is 21.2. The lowest BCUT2D eigenvalue weighted by atomic mass is 10.0. The van der Waals surface area contributed by atoms with Crippen LogP contribution in [0.15, 0.2) is 24.3 Å². The van der Waals surface area contributed by atoms with Crippen LogP contribution in [0.3, 0.4) is 0 Å². The lowest BCUT2D eigenvalue weighted by Crippen LogP contribution is -2.45. The minimum Gasteiger partial charge on any atom is -0.466 e. The first kappa shape index (κ1) is 94.3. The van der Waals surface area contributed by atoms with Crippen molar-refractivity contribution >= 4 is 11.9 Å². The molecule has 0 fully saturated rings. The number of esters is 1. The number of aliphatic hydroxyl groups is 2. The third-order valence-corrected chi connectivity index (χ3v) is 21.2. The van der Waals surface area contributed by atoms with Crippen LogP contribution in [0, 0.1) is 0 Å². The predicted molar refractivity (Wildman–Crippen MR) is 426 cm³/mol. The fourth-order valence-electron chi connectivity index (χ4n) is 14.5. The number of carbonyl (C=O) groups is 2. The Balaban J connectivity index is 3.33. The monoisotopic (exact) mass is 1350 g/mol. The van der Waals surface area contributed by atoms with E-state index >= 15 is 0 Å². The number of allylic oxidation sites excluding steroid dienone is 3. The van der Waals surface area contributed by atoms with E-state index in [0.717, 1.165) is 38.5 Å². The fourth-order valence-corrected chi connectivity index (χ4v) is 14.5. The number of hydrogen-bond donors (Lipinski definition) is 3. The van der Waals surface area contributed by atoms with Crippen molar-refractivity contribution in [1.82, 2.24) is 5.32 Å². The highest BCUT2D eigenvalue weighted by atomic mass is 16.5. The number of unbranched alkanes of at least 4 members (excludes halogenated alkanes) is 72. The molecule has 2 unspecified atom stereocenters. The molecule has 0 saturated carbocycles. The van der Waals surface area contributed by atoms with Crippen LogP contribution in [0.1, 0.15) is 515 Å². The predicted octanol–water partition coefficient (Wildman–Crippen LogP) is 29.9. The molecule has 6 nitrogen and oxygen atoms in total. The zero-order chi connectivity index (χ0) is 69.1. The molecular weight excluding hydrogens is 1170 g/mol. The van der Waals surface area contributed by atoms with Gasteiger partial charge in [0.15, 0.2) is 0 Å². The molecule has 0 aliphatic rings.